The van der Waals surface area contributed by atoms with Gasteiger partial charge in [-0.05, 0) is 38.2 Å². The van der Waals surface area contributed by atoms with Crippen molar-refractivity contribution in [2.45, 2.75) is 60.1 Å². The molecule has 4 heteroatoms. The van der Waals surface area contributed by atoms with Crippen LogP contribution in [0, 0.1) is 20.8 Å². The molecule has 0 aromatic heterocycles. The van der Waals surface area contributed by atoms with Gasteiger partial charge >= 0.3 is 0 Å². The van der Waals surface area contributed by atoms with Gasteiger partial charge in [0.05, 0.1) is 16.1 Å². The van der Waals surface area contributed by atoms with Crippen LogP contribution in [0.3, 0.4) is 0 Å². The lowest BCUT2D eigenvalue weighted by Gasteiger charge is -2.32. The van der Waals surface area contributed by atoms with Crippen LogP contribution in [0.4, 0.5) is 0 Å². The molecule has 0 nitrogen and oxygen atoms in total. The normalized spacial score (nSPS) is 13.3. The van der Waals surface area contributed by atoms with Crippen LogP contribution in [-0.2, 0) is 11.8 Å². The zero-order valence-corrected chi connectivity index (χ0v) is 18.2. The second-order valence-corrected chi connectivity index (χ2v) is 21.8. The van der Waals surface area contributed by atoms with E-state index in [0.29, 0.717) is 0 Å². The lowest BCUT2D eigenvalue weighted by Crippen LogP contribution is -2.49. The van der Waals surface area contributed by atoms with E-state index in [9.17, 15) is 0 Å². The molecule has 0 saturated heterocycles. The van der Waals surface area contributed by atoms with Crippen molar-refractivity contribution in [3.63, 3.8) is 0 Å². The van der Waals surface area contributed by atoms with Crippen molar-refractivity contribution in [1.82, 2.24) is 0 Å². The van der Waals surface area contributed by atoms with Crippen molar-refractivity contribution >= 4 is 44.1 Å². The van der Waals surface area contributed by atoms with Crippen LogP contribution in [0.15, 0.2) is 12.1 Å². The van der Waals surface area contributed by atoms with E-state index in [-0.39, 0.29) is 0 Å². The predicted octanol–water partition coefficient (Wildman–Crippen LogP) is 5.11. The number of hydrogen-bond donors (Lipinski definition) is 0. The first-order valence-corrected chi connectivity index (χ1v) is 16.6. The Morgan fingerprint density at radius 1 is 0.850 bits per heavy atom. The molecule has 0 spiro atoms. The summed E-state index contributed by atoms with van der Waals surface area (Å²) in [5, 5.41) is 1.47. The van der Waals surface area contributed by atoms with Gasteiger partial charge in [-0.1, -0.05) is 73.3 Å². The van der Waals surface area contributed by atoms with Crippen molar-refractivity contribution in [3.8, 4) is 0 Å². The summed E-state index contributed by atoms with van der Waals surface area (Å²) in [5.41, 5.74) is 4.15. The summed E-state index contributed by atoms with van der Waals surface area (Å²) in [7, 11) is -2.65. The Kier molecular flexibility index (Phi) is 5.46. The smallest absolute Gasteiger partial charge is 0.0659 e. The van der Waals surface area contributed by atoms with Gasteiger partial charge in [0.1, 0.15) is 0 Å². The van der Waals surface area contributed by atoms with Gasteiger partial charge in [0.15, 0.2) is 0 Å². The molecule has 0 saturated carbocycles. The van der Waals surface area contributed by atoms with Crippen LogP contribution < -0.4 is 5.30 Å². The van der Waals surface area contributed by atoms with Crippen molar-refractivity contribution in [2.24, 2.45) is 0 Å². The highest BCUT2D eigenvalue weighted by atomic mass is 32.4. The van der Waals surface area contributed by atoms with E-state index >= 15 is 0 Å². The quantitative estimate of drug-likeness (QED) is 0.544. The summed E-state index contributed by atoms with van der Waals surface area (Å²) in [6.45, 7) is 21.5. The molecule has 0 radical (unpaired) electrons. The van der Waals surface area contributed by atoms with Gasteiger partial charge in [0.25, 0.3) is 0 Å². The first-order valence-electron chi connectivity index (χ1n) is 7.28. The molecule has 1 aromatic carbocycles. The summed E-state index contributed by atoms with van der Waals surface area (Å²) in [4.78, 5) is 0. The van der Waals surface area contributed by atoms with Crippen molar-refractivity contribution in [3.05, 3.63) is 28.8 Å². The van der Waals surface area contributed by atoms with E-state index in [1.54, 1.807) is 4.54 Å². The van der Waals surface area contributed by atoms with Gasteiger partial charge in [-0.25, -0.2) is 0 Å². The standard InChI is InChI=1S/C16H29PSSi2/c1-12-10-13(2)15(14(3)11-12)17(18)16(19(4,5)6)20(7,8)9/h10-11H,1-9H3. The minimum atomic E-state index is -1.32. The van der Waals surface area contributed by atoms with Gasteiger partial charge < -0.3 is 0 Å². The van der Waals surface area contributed by atoms with Crippen LogP contribution in [0.1, 0.15) is 16.7 Å². The average Bonchev–Trinajstić information content (AvgIpc) is 2.09. The fourth-order valence-corrected chi connectivity index (χ4v) is 24.7. The molecule has 1 atom stereocenters. The highest BCUT2D eigenvalue weighted by Crippen LogP contribution is 2.28. The Labute approximate surface area is 133 Å². The maximum absolute atomic E-state index is 6.14. The van der Waals surface area contributed by atoms with Crippen molar-refractivity contribution in [2.75, 3.05) is 0 Å². The van der Waals surface area contributed by atoms with Gasteiger partial charge in [-0.3, -0.25) is 0 Å². The largest absolute Gasteiger partial charge is 0.0741 e. The van der Waals surface area contributed by atoms with Crippen molar-refractivity contribution < 1.29 is 0 Å². The molecule has 1 aromatic rings. The Morgan fingerprint density at radius 2 is 1.20 bits per heavy atom. The van der Waals surface area contributed by atoms with E-state index in [2.05, 4.69) is 72.2 Å². The monoisotopic (exact) mass is 340 g/mol. The zero-order chi connectivity index (χ0) is 15.9. The van der Waals surface area contributed by atoms with Crippen LogP contribution in [0.25, 0.3) is 0 Å². The minimum absolute atomic E-state index is 0.546. The Hall–Kier alpha value is 0.0438. The summed E-state index contributed by atoms with van der Waals surface area (Å²) in [6.07, 6.45) is -0.546. The molecule has 0 aliphatic rings. The molecule has 0 bridgehead atoms. The second-order valence-electron chi connectivity index (χ2n) is 7.89. The van der Waals surface area contributed by atoms with Crippen LogP contribution in [0.5, 0.6) is 0 Å². The third kappa shape index (κ3) is 4.03. The molecular formula is C16H29PSSi2. The lowest BCUT2D eigenvalue weighted by molar-refractivity contribution is 1.36. The van der Waals surface area contributed by atoms with Crippen LogP contribution in [0.2, 0.25) is 39.3 Å². The minimum Gasteiger partial charge on any atom is -0.0659 e. The maximum atomic E-state index is 6.14. The molecule has 0 aliphatic carbocycles. The topological polar surface area (TPSA) is 0 Å². The van der Waals surface area contributed by atoms with E-state index in [1.807, 2.05) is 0 Å². The fraction of sp³-hybridized carbons (Fsp3) is 0.562. The van der Waals surface area contributed by atoms with E-state index in [1.165, 1.54) is 22.0 Å². The Bertz CT molecular complexity index is 559. The summed E-state index contributed by atoms with van der Waals surface area (Å²) < 4.78 is 1.80. The fourth-order valence-electron chi connectivity index (χ4n) is 3.34. The number of hydrogen-bond acceptors (Lipinski definition) is 1. The molecule has 0 amide bonds. The average molecular weight is 341 g/mol. The van der Waals surface area contributed by atoms with Gasteiger partial charge in [-0.15, -0.1) is 0 Å². The molecule has 0 aliphatic heterocycles. The number of aryl methyl sites for hydroxylation is 3. The molecule has 1 unspecified atom stereocenters. The Balaban J connectivity index is 3.75. The number of benzene rings is 1. The van der Waals surface area contributed by atoms with Gasteiger partial charge in [-0.2, -0.15) is 0 Å². The molecule has 1 rings (SSSR count). The number of rotatable bonds is 3. The summed E-state index contributed by atoms with van der Waals surface area (Å²) >= 11 is 6.14. The first kappa shape index (κ1) is 18.1. The summed E-state index contributed by atoms with van der Waals surface area (Å²) in [5.74, 6) is 0. The van der Waals surface area contributed by atoms with Crippen LogP contribution in [-0.4, -0.2) is 20.7 Å². The maximum Gasteiger partial charge on any atom is 0.0741 e. The van der Waals surface area contributed by atoms with Gasteiger partial charge in [0, 0.05) is 5.30 Å². The molecule has 0 heterocycles. The second kappa shape index (κ2) is 6.04. The highest BCUT2D eigenvalue weighted by molar-refractivity contribution is 8.11. The molecule has 20 heavy (non-hydrogen) atoms. The van der Waals surface area contributed by atoms with E-state index < -0.39 is 22.5 Å². The van der Waals surface area contributed by atoms with Crippen LogP contribution >= 0.6 is 6.32 Å². The molecule has 0 N–H and O–H groups in total. The molecule has 0 fully saturated rings. The predicted molar refractivity (Wildman–Crippen MR) is 106 cm³/mol. The van der Waals surface area contributed by atoms with E-state index in [4.69, 9.17) is 11.8 Å². The zero-order valence-electron chi connectivity index (χ0n) is 14.5. The highest BCUT2D eigenvalue weighted by Gasteiger charge is 2.33. The Morgan fingerprint density at radius 3 is 1.50 bits per heavy atom. The third-order valence-corrected chi connectivity index (χ3v) is 19.8. The van der Waals surface area contributed by atoms with E-state index in [0.717, 1.165) is 0 Å². The van der Waals surface area contributed by atoms with Gasteiger partial charge in [0.2, 0.25) is 0 Å². The molecular weight excluding hydrogens is 311 g/mol. The summed E-state index contributed by atoms with van der Waals surface area (Å²) in [6, 6.07) is 4.60. The lowest BCUT2D eigenvalue weighted by atomic mass is 10.1. The molecule has 112 valence electrons. The SMILES string of the molecule is Cc1cc(C)c(P(=S)=C([Si](C)(C)C)[Si](C)(C)C)c(C)c1. The first-order chi connectivity index (χ1) is 8.85. The van der Waals surface area contributed by atoms with Crippen molar-refractivity contribution in [1.29, 1.82) is 0 Å². The third-order valence-electron chi connectivity index (χ3n) is 3.46.